The summed E-state index contributed by atoms with van der Waals surface area (Å²) in [5.41, 5.74) is 0.209. The Kier molecular flexibility index (Phi) is 10.1. The van der Waals surface area contributed by atoms with Gasteiger partial charge in [-0.2, -0.15) is 0 Å². The SMILES string of the molecule is CC(C)OC(=O)C1(C2CCCCC2)CCN(C(=O)[C@@H](Cc2ccc(F)cc2)NC(=O)N2C[C@@H](C)N[C@@H](C)C2)CC1. The minimum Gasteiger partial charge on any atom is -0.463 e. The minimum atomic E-state index is -0.789. The van der Waals surface area contributed by atoms with E-state index in [2.05, 4.69) is 10.6 Å². The van der Waals surface area contributed by atoms with Crippen molar-refractivity contribution < 1.29 is 23.5 Å². The molecule has 222 valence electrons. The van der Waals surface area contributed by atoms with E-state index in [1.165, 1.54) is 18.6 Å². The van der Waals surface area contributed by atoms with E-state index in [1.54, 1.807) is 21.9 Å². The molecule has 1 aliphatic carbocycles. The number of carbonyl (C=O) groups excluding carboxylic acids is 3. The normalized spacial score (nSPS) is 24.4. The first-order valence-corrected chi connectivity index (χ1v) is 15.1. The van der Waals surface area contributed by atoms with Crippen LogP contribution in [0.4, 0.5) is 9.18 Å². The van der Waals surface area contributed by atoms with E-state index in [9.17, 15) is 18.8 Å². The molecule has 0 bridgehead atoms. The number of benzene rings is 1. The number of hydrogen-bond acceptors (Lipinski definition) is 5. The first-order chi connectivity index (χ1) is 19.1. The monoisotopic (exact) mass is 558 g/mol. The number of halogens is 1. The van der Waals surface area contributed by atoms with Crippen LogP contribution >= 0.6 is 0 Å². The molecule has 1 saturated carbocycles. The van der Waals surface area contributed by atoms with Gasteiger partial charge < -0.3 is 25.2 Å². The van der Waals surface area contributed by atoms with E-state index >= 15 is 0 Å². The van der Waals surface area contributed by atoms with E-state index in [1.807, 2.05) is 27.7 Å². The van der Waals surface area contributed by atoms with E-state index in [0.717, 1.165) is 31.2 Å². The summed E-state index contributed by atoms with van der Waals surface area (Å²) in [6.07, 6.45) is 6.71. The highest BCUT2D eigenvalue weighted by atomic mass is 19.1. The fourth-order valence-corrected chi connectivity index (χ4v) is 6.90. The van der Waals surface area contributed by atoms with Crippen molar-refractivity contribution >= 4 is 17.9 Å². The van der Waals surface area contributed by atoms with Gasteiger partial charge >= 0.3 is 12.0 Å². The Hall–Kier alpha value is -2.68. The molecule has 0 spiro atoms. The number of ether oxygens (including phenoxy) is 1. The maximum absolute atomic E-state index is 13.9. The van der Waals surface area contributed by atoms with Gasteiger partial charge in [0, 0.05) is 44.7 Å². The van der Waals surface area contributed by atoms with Crippen molar-refractivity contribution in [2.24, 2.45) is 11.3 Å². The Bertz CT molecular complexity index is 1010. The molecule has 2 heterocycles. The number of rotatable bonds is 7. The average Bonchev–Trinajstić information content (AvgIpc) is 2.93. The maximum atomic E-state index is 13.9. The maximum Gasteiger partial charge on any atom is 0.318 e. The van der Waals surface area contributed by atoms with Crippen LogP contribution in [0.25, 0.3) is 0 Å². The quantitative estimate of drug-likeness (QED) is 0.488. The number of hydrogen-bond donors (Lipinski definition) is 2. The summed E-state index contributed by atoms with van der Waals surface area (Å²) in [4.78, 5) is 44.3. The highest BCUT2D eigenvalue weighted by molar-refractivity contribution is 5.88. The number of esters is 1. The van der Waals surface area contributed by atoms with Crippen LogP contribution in [0.15, 0.2) is 24.3 Å². The third-order valence-electron chi connectivity index (χ3n) is 8.90. The zero-order valence-corrected chi connectivity index (χ0v) is 24.6. The Morgan fingerprint density at radius 3 is 2.17 bits per heavy atom. The number of amides is 3. The molecule has 2 saturated heterocycles. The first-order valence-electron chi connectivity index (χ1n) is 15.1. The van der Waals surface area contributed by atoms with Crippen LogP contribution in [0.3, 0.4) is 0 Å². The number of nitrogens with zero attached hydrogens (tertiary/aromatic N) is 2. The van der Waals surface area contributed by atoms with Gasteiger partial charge in [-0.25, -0.2) is 9.18 Å². The second-order valence-electron chi connectivity index (χ2n) is 12.5. The minimum absolute atomic E-state index is 0.125. The van der Waals surface area contributed by atoms with E-state index in [4.69, 9.17) is 4.74 Å². The lowest BCUT2D eigenvalue weighted by molar-refractivity contribution is -0.170. The number of urea groups is 1. The molecule has 3 amide bonds. The number of piperidine rings is 1. The number of likely N-dealkylation sites (tertiary alicyclic amines) is 1. The van der Waals surface area contributed by atoms with Crippen molar-refractivity contribution in [3.05, 3.63) is 35.6 Å². The molecule has 9 heteroatoms. The molecule has 8 nitrogen and oxygen atoms in total. The van der Waals surface area contributed by atoms with E-state index in [-0.39, 0.29) is 54.3 Å². The fraction of sp³-hybridized carbons (Fsp3) is 0.710. The van der Waals surface area contributed by atoms with Crippen molar-refractivity contribution in [1.29, 1.82) is 0 Å². The van der Waals surface area contributed by atoms with Gasteiger partial charge in [0.25, 0.3) is 0 Å². The van der Waals surface area contributed by atoms with Gasteiger partial charge in [-0.15, -0.1) is 0 Å². The Labute approximate surface area is 238 Å². The highest BCUT2D eigenvalue weighted by Gasteiger charge is 2.50. The predicted molar refractivity (Wildman–Crippen MR) is 152 cm³/mol. The van der Waals surface area contributed by atoms with Crippen molar-refractivity contribution in [3.63, 3.8) is 0 Å². The molecular weight excluding hydrogens is 511 g/mol. The van der Waals surface area contributed by atoms with Crippen LogP contribution < -0.4 is 10.6 Å². The first kappa shape index (κ1) is 30.3. The van der Waals surface area contributed by atoms with Crippen LogP contribution in [0.1, 0.15) is 78.2 Å². The smallest absolute Gasteiger partial charge is 0.318 e. The van der Waals surface area contributed by atoms with Crippen LogP contribution in [0, 0.1) is 17.2 Å². The summed E-state index contributed by atoms with van der Waals surface area (Å²) in [5, 5.41) is 6.43. The molecule has 40 heavy (non-hydrogen) atoms. The summed E-state index contributed by atoms with van der Waals surface area (Å²) < 4.78 is 19.3. The molecule has 0 unspecified atom stereocenters. The van der Waals surface area contributed by atoms with Gasteiger partial charge in [-0.1, -0.05) is 31.4 Å². The van der Waals surface area contributed by atoms with Crippen molar-refractivity contribution in [3.8, 4) is 0 Å². The highest BCUT2D eigenvalue weighted by Crippen LogP contribution is 2.47. The Balaban J connectivity index is 1.49. The van der Waals surface area contributed by atoms with Crippen molar-refractivity contribution in [2.45, 2.75) is 103 Å². The van der Waals surface area contributed by atoms with E-state index in [0.29, 0.717) is 39.0 Å². The van der Waals surface area contributed by atoms with Crippen molar-refractivity contribution in [1.82, 2.24) is 20.4 Å². The standard InChI is InChI=1S/C31H47FN4O4/c1-21(2)40-29(38)31(25-8-6-5-7-9-25)14-16-35(17-15-31)28(37)27(18-24-10-12-26(32)13-11-24)34-30(39)36-19-22(3)33-23(4)20-36/h10-13,21-23,25,27,33H,5-9,14-20H2,1-4H3,(H,34,39)/t22-,23+,27-/m1/s1. The summed E-state index contributed by atoms with van der Waals surface area (Å²) in [7, 11) is 0. The molecule has 3 atom stereocenters. The molecule has 0 aromatic heterocycles. The van der Waals surface area contributed by atoms with Gasteiger partial charge in [-0.3, -0.25) is 9.59 Å². The van der Waals surface area contributed by atoms with Crippen LogP contribution in [0.5, 0.6) is 0 Å². The topological polar surface area (TPSA) is 91.0 Å². The largest absolute Gasteiger partial charge is 0.463 e. The van der Waals surface area contributed by atoms with Gasteiger partial charge in [-0.05, 0) is 77.0 Å². The Morgan fingerprint density at radius 2 is 1.60 bits per heavy atom. The Morgan fingerprint density at radius 1 is 1.00 bits per heavy atom. The van der Waals surface area contributed by atoms with Crippen LogP contribution in [-0.2, 0) is 20.7 Å². The number of piperazine rings is 1. The van der Waals surface area contributed by atoms with Crippen LogP contribution in [0.2, 0.25) is 0 Å². The summed E-state index contributed by atoms with van der Waals surface area (Å²) in [6.45, 7) is 9.83. The molecule has 4 rings (SSSR count). The molecule has 2 N–H and O–H groups in total. The predicted octanol–water partition coefficient (Wildman–Crippen LogP) is 4.27. The zero-order chi connectivity index (χ0) is 28.9. The molecule has 2 aliphatic heterocycles. The van der Waals surface area contributed by atoms with Gasteiger partial charge in [0.15, 0.2) is 0 Å². The van der Waals surface area contributed by atoms with Gasteiger partial charge in [0.05, 0.1) is 11.5 Å². The second-order valence-corrected chi connectivity index (χ2v) is 12.5. The number of nitrogens with one attached hydrogen (secondary N) is 2. The third-order valence-corrected chi connectivity index (χ3v) is 8.90. The van der Waals surface area contributed by atoms with Gasteiger partial charge in [0.1, 0.15) is 11.9 Å². The molecule has 1 aromatic rings. The molecular formula is C31H47FN4O4. The lowest BCUT2D eigenvalue weighted by Gasteiger charge is -2.46. The molecule has 0 radical (unpaired) electrons. The summed E-state index contributed by atoms with van der Waals surface area (Å²) in [6, 6.07) is 5.31. The third kappa shape index (κ3) is 7.33. The van der Waals surface area contributed by atoms with Gasteiger partial charge in [0.2, 0.25) is 5.91 Å². The van der Waals surface area contributed by atoms with Crippen molar-refractivity contribution in [2.75, 3.05) is 26.2 Å². The average molecular weight is 559 g/mol. The van der Waals surface area contributed by atoms with E-state index < -0.39 is 11.5 Å². The lowest BCUT2D eigenvalue weighted by Crippen LogP contribution is -2.61. The lowest BCUT2D eigenvalue weighted by atomic mass is 9.63. The second kappa shape index (κ2) is 13.3. The molecule has 3 fully saturated rings. The summed E-state index contributed by atoms with van der Waals surface area (Å²) >= 11 is 0. The van der Waals surface area contributed by atoms with Crippen LogP contribution in [-0.4, -0.2) is 78.1 Å². The molecule has 3 aliphatic rings. The number of carbonyl (C=O) groups is 3. The zero-order valence-electron chi connectivity index (χ0n) is 24.6. The molecule has 1 aromatic carbocycles. The fourth-order valence-electron chi connectivity index (χ4n) is 6.90. The summed E-state index contributed by atoms with van der Waals surface area (Å²) in [5.74, 6) is -0.359.